The summed E-state index contributed by atoms with van der Waals surface area (Å²) in [5.74, 6) is -0.547. The van der Waals surface area contributed by atoms with Gasteiger partial charge in [0.15, 0.2) is 0 Å². The van der Waals surface area contributed by atoms with E-state index in [1.165, 1.54) is 12.1 Å². The fourth-order valence-electron chi connectivity index (χ4n) is 1.73. The molecule has 0 aliphatic carbocycles. The highest BCUT2D eigenvalue weighted by atomic mass is 16.4. The van der Waals surface area contributed by atoms with Gasteiger partial charge in [-0.1, -0.05) is 12.6 Å². The van der Waals surface area contributed by atoms with Gasteiger partial charge in [-0.25, -0.2) is 4.79 Å². The highest BCUT2D eigenvalue weighted by Crippen LogP contribution is 2.20. The molecular formula is C14H10N4O3. The monoisotopic (exact) mass is 282 g/mol. The van der Waals surface area contributed by atoms with Gasteiger partial charge in [0, 0.05) is 11.3 Å². The highest BCUT2D eigenvalue weighted by Gasteiger charge is 2.15. The molecule has 2 N–H and O–H groups in total. The molecule has 0 radical (unpaired) electrons. The Hall–Kier alpha value is -3.22. The Labute approximate surface area is 119 Å². The summed E-state index contributed by atoms with van der Waals surface area (Å²) in [4.78, 5) is 11.0. The Morgan fingerprint density at radius 2 is 2.05 bits per heavy atom. The molecule has 1 aromatic heterocycles. The van der Waals surface area contributed by atoms with Crippen LogP contribution < -0.4 is 5.43 Å². The summed E-state index contributed by atoms with van der Waals surface area (Å²) < 4.78 is 5.51. The molecule has 7 nitrogen and oxygen atoms in total. The summed E-state index contributed by atoms with van der Waals surface area (Å²) in [6, 6.07) is 6.28. The molecule has 0 amide bonds. The van der Waals surface area contributed by atoms with Crippen LogP contribution in [0.25, 0.3) is 11.5 Å². The molecule has 0 atom stereocenters. The molecule has 1 aliphatic rings. The van der Waals surface area contributed by atoms with E-state index in [9.17, 15) is 4.79 Å². The van der Waals surface area contributed by atoms with Crippen LogP contribution in [0.15, 0.2) is 58.2 Å². The predicted molar refractivity (Wildman–Crippen MR) is 74.6 cm³/mol. The summed E-state index contributed by atoms with van der Waals surface area (Å²) in [7, 11) is 0. The first-order chi connectivity index (χ1) is 10.1. The topological polar surface area (TPSA) is 101 Å². The van der Waals surface area contributed by atoms with Crippen molar-refractivity contribution in [3.63, 3.8) is 0 Å². The van der Waals surface area contributed by atoms with Crippen molar-refractivity contribution < 1.29 is 14.3 Å². The molecule has 104 valence electrons. The fraction of sp³-hybridized carbons (Fsp3) is 0. The first-order valence-electron chi connectivity index (χ1n) is 6.02. The van der Waals surface area contributed by atoms with Crippen LogP contribution in [0.3, 0.4) is 0 Å². The minimum Gasteiger partial charge on any atom is -0.478 e. The van der Waals surface area contributed by atoms with E-state index >= 15 is 0 Å². The highest BCUT2D eigenvalue weighted by molar-refractivity contribution is 6.06. The van der Waals surface area contributed by atoms with Gasteiger partial charge < -0.3 is 9.52 Å². The number of benzene rings is 1. The number of aromatic carboxylic acids is 1. The van der Waals surface area contributed by atoms with Crippen LogP contribution in [0.1, 0.15) is 16.2 Å². The van der Waals surface area contributed by atoms with Gasteiger partial charge >= 0.3 is 5.97 Å². The summed E-state index contributed by atoms with van der Waals surface area (Å²) in [6.07, 6.45) is 3.43. The molecule has 21 heavy (non-hydrogen) atoms. The third-order valence-electron chi connectivity index (χ3n) is 2.76. The van der Waals surface area contributed by atoms with Gasteiger partial charge in [-0.15, -0.1) is 10.2 Å². The van der Waals surface area contributed by atoms with Crippen molar-refractivity contribution in [2.75, 3.05) is 0 Å². The average molecular weight is 282 g/mol. The molecule has 1 aliphatic heterocycles. The number of carbonyl (C=O) groups is 1. The first kappa shape index (κ1) is 12.8. The van der Waals surface area contributed by atoms with E-state index in [4.69, 9.17) is 9.52 Å². The number of nitrogens with one attached hydrogen (secondary N) is 1. The first-order valence-corrected chi connectivity index (χ1v) is 6.02. The van der Waals surface area contributed by atoms with Gasteiger partial charge in [0.05, 0.1) is 5.56 Å². The minimum atomic E-state index is -1.01. The maximum atomic E-state index is 11.0. The van der Waals surface area contributed by atoms with E-state index in [1.54, 1.807) is 24.3 Å². The summed E-state index contributed by atoms with van der Waals surface area (Å²) in [5.41, 5.74) is 4.53. The standard InChI is InChI=1S/C14H10N4O3/c1-8-5-6-11(16-15-8)13-18-17-12(21-13)9-3-2-4-10(7-9)14(19)20/h2-7,15H,1H2,(H,19,20). The van der Waals surface area contributed by atoms with Crippen molar-refractivity contribution in [2.45, 2.75) is 0 Å². The zero-order chi connectivity index (χ0) is 14.8. The quantitative estimate of drug-likeness (QED) is 0.890. The predicted octanol–water partition coefficient (Wildman–Crippen LogP) is 1.81. The molecular weight excluding hydrogens is 272 g/mol. The Kier molecular flexibility index (Phi) is 3.07. The lowest BCUT2D eigenvalue weighted by atomic mass is 10.1. The number of carboxylic acid groups (broad SMARTS) is 1. The van der Waals surface area contributed by atoms with Gasteiger partial charge in [0.2, 0.25) is 5.89 Å². The van der Waals surface area contributed by atoms with Crippen molar-refractivity contribution in [3.8, 4) is 11.5 Å². The minimum absolute atomic E-state index is 0.153. The van der Waals surface area contributed by atoms with E-state index in [1.807, 2.05) is 0 Å². The third kappa shape index (κ3) is 2.57. The zero-order valence-corrected chi connectivity index (χ0v) is 10.8. The molecule has 0 unspecified atom stereocenters. The van der Waals surface area contributed by atoms with Gasteiger partial charge in [-0.05, 0) is 30.4 Å². The largest absolute Gasteiger partial charge is 0.478 e. The van der Waals surface area contributed by atoms with Gasteiger partial charge in [-0.3, -0.25) is 5.43 Å². The van der Waals surface area contributed by atoms with Crippen LogP contribution in [-0.2, 0) is 0 Å². The molecule has 0 saturated carbocycles. The second kappa shape index (κ2) is 5.04. The van der Waals surface area contributed by atoms with Gasteiger partial charge in [0.25, 0.3) is 5.89 Å². The smallest absolute Gasteiger partial charge is 0.335 e. The molecule has 7 heteroatoms. The van der Waals surface area contributed by atoms with Crippen LogP contribution in [0.5, 0.6) is 0 Å². The van der Waals surface area contributed by atoms with Crippen LogP contribution in [0.4, 0.5) is 0 Å². The SMILES string of the molecule is C=C1C=CC(c2nnc(-c3cccc(C(=O)O)c3)o2)=NN1. The van der Waals surface area contributed by atoms with E-state index in [2.05, 4.69) is 27.3 Å². The molecule has 0 saturated heterocycles. The molecule has 2 heterocycles. The van der Waals surface area contributed by atoms with E-state index < -0.39 is 5.97 Å². The van der Waals surface area contributed by atoms with Crippen molar-refractivity contribution in [2.24, 2.45) is 5.10 Å². The van der Waals surface area contributed by atoms with Crippen LogP contribution in [0, 0.1) is 0 Å². The number of aromatic nitrogens is 2. The normalized spacial score (nSPS) is 13.7. The van der Waals surface area contributed by atoms with Crippen molar-refractivity contribution in [1.82, 2.24) is 15.6 Å². The molecule has 2 aromatic rings. The maximum Gasteiger partial charge on any atom is 0.335 e. The lowest BCUT2D eigenvalue weighted by Crippen LogP contribution is -2.12. The van der Waals surface area contributed by atoms with Gasteiger partial charge in [-0.2, -0.15) is 5.10 Å². The lowest BCUT2D eigenvalue weighted by molar-refractivity contribution is 0.0697. The van der Waals surface area contributed by atoms with Crippen LogP contribution >= 0.6 is 0 Å². The molecule has 0 spiro atoms. The van der Waals surface area contributed by atoms with Gasteiger partial charge in [0.1, 0.15) is 5.71 Å². The van der Waals surface area contributed by atoms with Crippen LogP contribution in [0.2, 0.25) is 0 Å². The van der Waals surface area contributed by atoms with E-state index in [-0.39, 0.29) is 17.3 Å². The maximum absolute atomic E-state index is 11.0. The second-order valence-electron chi connectivity index (χ2n) is 4.27. The molecule has 0 fully saturated rings. The molecule has 1 aromatic carbocycles. The van der Waals surface area contributed by atoms with E-state index in [0.717, 1.165) is 0 Å². The molecule has 0 bridgehead atoms. The fourth-order valence-corrected chi connectivity index (χ4v) is 1.73. The number of hydrogen-bond acceptors (Lipinski definition) is 6. The van der Waals surface area contributed by atoms with Crippen LogP contribution in [-0.4, -0.2) is 27.0 Å². The Morgan fingerprint density at radius 1 is 1.24 bits per heavy atom. The second-order valence-corrected chi connectivity index (χ2v) is 4.27. The van der Waals surface area contributed by atoms with Crippen molar-refractivity contribution >= 4 is 11.7 Å². The zero-order valence-electron chi connectivity index (χ0n) is 10.8. The Morgan fingerprint density at radius 3 is 2.76 bits per heavy atom. The number of hydrogen-bond donors (Lipinski definition) is 2. The number of carboxylic acids is 1. The summed E-state index contributed by atoms with van der Waals surface area (Å²) in [5, 5.41) is 20.8. The van der Waals surface area contributed by atoms with E-state index in [0.29, 0.717) is 17.0 Å². The average Bonchev–Trinajstić information content (AvgIpc) is 2.98. The van der Waals surface area contributed by atoms with Crippen molar-refractivity contribution in [1.29, 1.82) is 0 Å². The number of rotatable bonds is 3. The molecule has 3 rings (SSSR count). The number of nitrogens with zero attached hydrogens (tertiary/aromatic N) is 3. The number of allylic oxidation sites excluding steroid dienone is 2. The Bertz CT molecular complexity index is 789. The Balaban J connectivity index is 1.92. The third-order valence-corrected chi connectivity index (χ3v) is 2.76. The lowest BCUT2D eigenvalue weighted by Gasteiger charge is -2.05. The van der Waals surface area contributed by atoms with Crippen molar-refractivity contribution in [3.05, 3.63) is 60.1 Å². The number of hydrazone groups is 1. The summed E-state index contributed by atoms with van der Waals surface area (Å²) in [6.45, 7) is 3.69. The summed E-state index contributed by atoms with van der Waals surface area (Å²) >= 11 is 0.